The Morgan fingerprint density at radius 2 is 1.79 bits per heavy atom. The molecule has 0 aliphatic rings. The topological polar surface area (TPSA) is 55.1 Å². The largest absolute Gasteiger partial charge is 0.351 e. The van der Waals surface area contributed by atoms with E-state index in [2.05, 4.69) is 26.1 Å². The van der Waals surface area contributed by atoms with Crippen LogP contribution < -0.4 is 11.1 Å². The Kier molecular flexibility index (Phi) is 5.55. The van der Waals surface area contributed by atoms with Crippen molar-refractivity contribution in [3.05, 3.63) is 35.9 Å². The van der Waals surface area contributed by atoms with Crippen molar-refractivity contribution in [1.29, 1.82) is 0 Å². The molecule has 1 aromatic carbocycles. The van der Waals surface area contributed by atoms with Crippen LogP contribution in [0.5, 0.6) is 0 Å². The fourth-order valence-electron chi connectivity index (χ4n) is 2.39. The maximum atomic E-state index is 12.4. The molecule has 0 spiro atoms. The average molecular weight is 262 g/mol. The number of rotatable bonds is 6. The minimum atomic E-state index is -0.985. The molecule has 2 unspecified atom stereocenters. The van der Waals surface area contributed by atoms with Gasteiger partial charge in [0.15, 0.2) is 0 Å². The molecule has 3 heteroatoms. The molecule has 0 heterocycles. The van der Waals surface area contributed by atoms with Crippen LogP contribution in [-0.2, 0) is 10.3 Å². The van der Waals surface area contributed by atoms with Gasteiger partial charge in [0.2, 0.25) is 5.91 Å². The Labute approximate surface area is 116 Å². The van der Waals surface area contributed by atoms with Crippen molar-refractivity contribution in [2.24, 2.45) is 11.7 Å². The van der Waals surface area contributed by atoms with E-state index in [0.717, 1.165) is 18.4 Å². The maximum absolute atomic E-state index is 12.4. The second-order valence-corrected chi connectivity index (χ2v) is 5.41. The van der Waals surface area contributed by atoms with Crippen molar-refractivity contribution < 1.29 is 4.79 Å². The third-order valence-corrected chi connectivity index (χ3v) is 3.96. The van der Waals surface area contributed by atoms with Gasteiger partial charge < -0.3 is 11.1 Å². The quantitative estimate of drug-likeness (QED) is 0.828. The van der Waals surface area contributed by atoms with Crippen LogP contribution in [0.2, 0.25) is 0 Å². The van der Waals surface area contributed by atoms with Gasteiger partial charge in [-0.25, -0.2) is 0 Å². The molecule has 3 N–H and O–H groups in total. The third-order valence-electron chi connectivity index (χ3n) is 3.96. The van der Waals surface area contributed by atoms with Gasteiger partial charge in [0.05, 0.1) is 0 Å². The molecule has 0 saturated heterocycles. The Hall–Kier alpha value is -1.35. The van der Waals surface area contributed by atoms with Crippen molar-refractivity contribution in [2.45, 2.75) is 52.1 Å². The Bertz CT molecular complexity index is 396. The van der Waals surface area contributed by atoms with E-state index in [4.69, 9.17) is 5.73 Å². The van der Waals surface area contributed by atoms with Crippen LogP contribution in [0.3, 0.4) is 0 Å². The van der Waals surface area contributed by atoms with Crippen molar-refractivity contribution in [2.75, 3.05) is 0 Å². The summed E-state index contributed by atoms with van der Waals surface area (Å²) in [5.74, 6) is 0.383. The fraction of sp³-hybridized carbons (Fsp3) is 0.562. The van der Waals surface area contributed by atoms with E-state index in [1.54, 1.807) is 6.92 Å². The standard InChI is InChI=1S/C16H26N2O/c1-5-13(6-2)12(3)18-15(19)16(4,17)14-10-8-7-9-11-14/h7-13H,5-6,17H2,1-4H3,(H,18,19). The zero-order valence-corrected chi connectivity index (χ0v) is 12.4. The van der Waals surface area contributed by atoms with Gasteiger partial charge in [0.25, 0.3) is 0 Å². The molecule has 0 bridgehead atoms. The molecule has 0 aliphatic heterocycles. The van der Waals surface area contributed by atoms with Gasteiger partial charge in [-0.05, 0) is 25.3 Å². The van der Waals surface area contributed by atoms with Gasteiger partial charge in [-0.2, -0.15) is 0 Å². The van der Waals surface area contributed by atoms with Crippen molar-refractivity contribution >= 4 is 5.91 Å². The van der Waals surface area contributed by atoms with Crippen LogP contribution in [0.1, 0.15) is 46.1 Å². The molecule has 0 saturated carbocycles. The maximum Gasteiger partial charge on any atom is 0.244 e. The van der Waals surface area contributed by atoms with E-state index >= 15 is 0 Å². The van der Waals surface area contributed by atoms with Crippen LogP contribution in [0.4, 0.5) is 0 Å². The second kappa shape index (κ2) is 6.71. The minimum absolute atomic E-state index is 0.113. The number of hydrogen-bond acceptors (Lipinski definition) is 2. The van der Waals surface area contributed by atoms with Crippen molar-refractivity contribution in [3.63, 3.8) is 0 Å². The number of carbonyl (C=O) groups excluding carboxylic acids is 1. The summed E-state index contributed by atoms with van der Waals surface area (Å²) < 4.78 is 0. The molecule has 2 atom stereocenters. The van der Waals surface area contributed by atoms with E-state index in [9.17, 15) is 4.79 Å². The van der Waals surface area contributed by atoms with E-state index in [1.165, 1.54) is 0 Å². The first-order valence-corrected chi connectivity index (χ1v) is 7.08. The first-order valence-electron chi connectivity index (χ1n) is 7.08. The first-order chi connectivity index (χ1) is 8.93. The fourth-order valence-corrected chi connectivity index (χ4v) is 2.39. The Morgan fingerprint density at radius 3 is 2.26 bits per heavy atom. The first kappa shape index (κ1) is 15.7. The lowest BCUT2D eigenvalue weighted by Crippen LogP contribution is -2.52. The molecule has 1 rings (SSSR count). The zero-order valence-electron chi connectivity index (χ0n) is 12.4. The second-order valence-electron chi connectivity index (χ2n) is 5.41. The zero-order chi connectivity index (χ0) is 14.5. The summed E-state index contributed by atoms with van der Waals surface area (Å²) in [6, 6.07) is 9.65. The molecule has 0 fully saturated rings. The number of benzene rings is 1. The smallest absolute Gasteiger partial charge is 0.244 e. The van der Waals surface area contributed by atoms with Gasteiger partial charge >= 0.3 is 0 Å². The van der Waals surface area contributed by atoms with Gasteiger partial charge in [-0.15, -0.1) is 0 Å². The Balaban J connectivity index is 2.77. The van der Waals surface area contributed by atoms with Crippen LogP contribution in [0, 0.1) is 5.92 Å². The summed E-state index contributed by atoms with van der Waals surface area (Å²) in [4.78, 5) is 12.4. The highest BCUT2D eigenvalue weighted by atomic mass is 16.2. The lowest BCUT2D eigenvalue weighted by molar-refractivity contribution is -0.127. The lowest BCUT2D eigenvalue weighted by Gasteiger charge is -2.29. The highest BCUT2D eigenvalue weighted by Crippen LogP contribution is 2.19. The van der Waals surface area contributed by atoms with Crippen LogP contribution in [-0.4, -0.2) is 11.9 Å². The summed E-state index contributed by atoms with van der Waals surface area (Å²) in [6.07, 6.45) is 2.12. The minimum Gasteiger partial charge on any atom is -0.351 e. The highest BCUT2D eigenvalue weighted by molar-refractivity contribution is 5.87. The molecule has 0 aromatic heterocycles. The normalized spacial score (nSPS) is 15.9. The molecule has 0 radical (unpaired) electrons. The molecule has 1 aromatic rings. The number of amides is 1. The molecule has 106 valence electrons. The van der Waals surface area contributed by atoms with E-state index < -0.39 is 5.54 Å². The summed E-state index contributed by atoms with van der Waals surface area (Å²) in [5, 5.41) is 3.06. The summed E-state index contributed by atoms with van der Waals surface area (Å²) in [7, 11) is 0. The summed E-state index contributed by atoms with van der Waals surface area (Å²) in [5.41, 5.74) is 6.05. The molecule has 1 amide bonds. The van der Waals surface area contributed by atoms with Crippen LogP contribution in [0.15, 0.2) is 30.3 Å². The average Bonchev–Trinajstić information content (AvgIpc) is 2.41. The highest BCUT2D eigenvalue weighted by Gasteiger charge is 2.31. The van der Waals surface area contributed by atoms with Crippen LogP contribution in [0.25, 0.3) is 0 Å². The van der Waals surface area contributed by atoms with Crippen molar-refractivity contribution in [1.82, 2.24) is 5.32 Å². The molecular weight excluding hydrogens is 236 g/mol. The van der Waals surface area contributed by atoms with E-state index in [-0.39, 0.29) is 11.9 Å². The van der Waals surface area contributed by atoms with Gasteiger partial charge in [0, 0.05) is 6.04 Å². The molecular formula is C16H26N2O. The molecule has 3 nitrogen and oxygen atoms in total. The SMILES string of the molecule is CCC(CC)C(C)NC(=O)C(C)(N)c1ccccc1. The number of hydrogen-bond donors (Lipinski definition) is 2. The van der Waals surface area contributed by atoms with Crippen molar-refractivity contribution in [3.8, 4) is 0 Å². The third kappa shape index (κ3) is 3.80. The number of carbonyl (C=O) groups is 1. The monoisotopic (exact) mass is 262 g/mol. The van der Waals surface area contributed by atoms with E-state index in [1.807, 2.05) is 30.3 Å². The van der Waals surface area contributed by atoms with E-state index in [0.29, 0.717) is 5.92 Å². The summed E-state index contributed by atoms with van der Waals surface area (Å²) >= 11 is 0. The van der Waals surface area contributed by atoms with Gasteiger partial charge in [-0.1, -0.05) is 57.0 Å². The Morgan fingerprint density at radius 1 is 1.26 bits per heavy atom. The van der Waals surface area contributed by atoms with Gasteiger partial charge in [0.1, 0.15) is 5.54 Å². The number of nitrogens with one attached hydrogen (secondary N) is 1. The predicted molar refractivity (Wildman–Crippen MR) is 79.7 cm³/mol. The molecule has 19 heavy (non-hydrogen) atoms. The molecule has 0 aliphatic carbocycles. The number of nitrogens with two attached hydrogens (primary N) is 1. The summed E-state index contributed by atoms with van der Waals surface area (Å²) in [6.45, 7) is 8.11. The predicted octanol–water partition coefficient (Wildman–Crippen LogP) is 2.80. The van der Waals surface area contributed by atoms with Crippen LogP contribution >= 0.6 is 0 Å². The lowest BCUT2D eigenvalue weighted by atomic mass is 9.90. The van der Waals surface area contributed by atoms with Gasteiger partial charge in [-0.3, -0.25) is 4.79 Å².